The number of amides is 2. The predicted molar refractivity (Wildman–Crippen MR) is 133 cm³/mol. The normalized spacial score (nSPS) is 16.7. The van der Waals surface area contributed by atoms with Crippen molar-refractivity contribution in [3.05, 3.63) is 59.7 Å². The molecule has 2 fully saturated rings. The van der Waals surface area contributed by atoms with E-state index in [4.69, 9.17) is 5.73 Å². The highest BCUT2D eigenvalue weighted by Gasteiger charge is 2.26. The molecule has 1 heterocycles. The quantitative estimate of drug-likeness (QED) is 0.583. The van der Waals surface area contributed by atoms with E-state index in [1.165, 1.54) is 24.1 Å². The lowest BCUT2D eigenvalue weighted by Crippen LogP contribution is -2.49. The molecular formula is C26H35N5O2. The summed E-state index contributed by atoms with van der Waals surface area (Å²) in [6.07, 6.45) is 2.50. The zero-order chi connectivity index (χ0) is 23.2. The molecule has 0 aromatic heterocycles. The first-order chi connectivity index (χ1) is 16.0. The molecule has 1 saturated heterocycles. The van der Waals surface area contributed by atoms with Gasteiger partial charge in [0.25, 0.3) is 5.91 Å². The molecule has 7 heteroatoms. The van der Waals surface area contributed by atoms with Crippen LogP contribution in [0.1, 0.15) is 28.8 Å². The fourth-order valence-corrected chi connectivity index (χ4v) is 4.44. The molecular weight excluding hydrogens is 414 g/mol. The lowest BCUT2D eigenvalue weighted by molar-refractivity contribution is -0.117. The van der Waals surface area contributed by atoms with Crippen molar-refractivity contribution in [1.29, 1.82) is 0 Å². The number of carbonyl (C=O) groups is 2. The number of hydrogen-bond acceptors (Lipinski definition) is 5. The Hall–Kier alpha value is -2.90. The molecule has 0 atom stereocenters. The molecule has 2 aromatic carbocycles. The molecule has 1 aliphatic carbocycles. The zero-order valence-electron chi connectivity index (χ0n) is 19.5. The van der Waals surface area contributed by atoms with Crippen LogP contribution in [0.15, 0.2) is 48.5 Å². The van der Waals surface area contributed by atoms with Crippen LogP contribution in [0.4, 0.5) is 11.4 Å². The molecule has 0 spiro atoms. The number of hydrogen-bond donors (Lipinski definition) is 2. The van der Waals surface area contributed by atoms with E-state index in [0.717, 1.165) is 45.8 Å². The summed E-state index contributed by atoms with van der Waals surface area (Å²) in [4.78, 5) is 31.6. The third-order valence-corrected chi connectivity index (χ3v) is 6.52. The summed E-state index contributed by atoms with van der Waals surface area (Å²) in [6, 6.07) is 15.6. The van der Waals surface area contributed by atoms with Crippen molar-refractivity contribution in [2.45, 2.75) is 19.8 Å². The number of nitrogens with one attached hydrogen (secondary N) is 1. The van der Waals surface area contributed by atoms with Crippen molar-refractivity contribution in [3.63, 3.8) is 0 Å². The van der Waals surface area contributed by atoms with Gasteiger partial charge in [-0.2, -0.15) is 0 Å². The van der Waals surface area contributed by atoms with Crippen molar-refractivity contribution in [2.24, 2.45) is 11.7 Å². The highest BCUT2D eigenvalue weighted by Crippen LogP contribution is 2.29. The Kier molecular flexibility index (Phi) is 7.62. The van der Waals surface area contributed by atoms with Crippen LogP contribution in [-0.2, 0) is 4.79 Å². The van der Waals surface area contributed by atoms with Crippen LogP contribution in [0.2, 0.25) is 0 Å². The van der Waals surface area contributed by atoms with Gasteiger partial charge < -0.3 is 16.0 Å². The number of primary amides is 1. The number of nitrogens with two attached hydrogens (primary N) is 1. The minimum absolute atomic E-state index is 0.103. The maximum atomic E-state index is 12.8. The van der Waals surface area contributed by atoms with Gasteiger partial charge in [-0.05, 0) is 55.5 Å². The molecule has 2 amide bonds. The van der Waals surface area contributed by atoms with Gasteiger partial charge in [-0.1, -0.05) is 24.3 Å². The number of piperazine rings is 1. The van der Waals surface area contributed by atoms with Gasteiger partial charge in [0.1, 0.15) is 0 Å². The molecule has 0 unspecified atom stereocenters. The van der Waals surface area contributed by atoms with Gasteiger partial charge in [-0.15, -0.1) is 0 Å². The van der Waals surface area contributed by atoms with Crippen molar-refractivity contribution >= 4 is 23.2 Å². The molecule has 2 aromatic rings. The Labute approximate surface area is 196 Å². The first kappa shape index (κ1) is 23.3. The van der Waals surface area contributed by atoms with Crippen molar-refractivity contribution in [3.8, 4) is 0 Å². The Morgan fingerprint density at radius 3 is 2.52 bits per heavy atom. The summed E-state index contributed by atoms with van der Waals surface area (Å²) in [5, 5.41) is 2.88. The van der Waals surface area contributed by atoms with Crippen LogP contribution in [0, 0.1) is 12.8 Å². The molecule has 2 aliphatic rings. The van der Waals surface area contributed by atoms with Crippen molar-refractivity contribution in [2.75, 3.05) is 62.6 Å². The topological polar surface area (TPSA) is 81.9 Å². The van der Waals surface area contributed by atoms with Gasteiger partial charge >= 0.3 is 0 Å². The van der Waals surface area contributed by atoms with Gasteiger partial charge in [-0.25, -0.2) is 0 Å². The van der Waals surface area contributed by atoms with Crippen LogP contribution in [0.5, 0.6) is 0 Å². The highest BCUT2D eigenvalue weighted by atomic mass is 16.2. The number of aryl methyl sites for hydroxylation is 1. The van der Waals surface area contributed by atoms with Crippen molar-refractivity contribution < 1.29 is 9.59 Å². The van der Waals surface area contributed by atoms with Gasteiger partial charge in [0.05, 0.1) is 17.8 Å². The van der Waals surface area contributed by atoms with Gasteiger partial charge in [0.15, 0.2) is 0 Å². The number of para-hydroxylation sites is 1. The van der Waals surface area contributed by atoms with E-state index in [-0.39, 0.29) is 5.91 Å². The SMILES string of the molecule is Cc1cccc(N2CCN(CCN(CC(=O)Nc3ccccc3C(N)=O)CC3CC3)CC2)c1. The summed E-state index contributed by atoms with van der Waals surface area (Å²) < 4.78 is 0. The maximum absolute atomic E-state index is 12.8. The van der Waals surface area contributed by atoms with Gasteiger partial charge in [-0.3, -0.25) is 19.4 Å². The second kappa shape index (κ2) is 10.8. The second-order valence-corrected chi connectivity index (χ2v) is 9.30. The third kappa shape index (κ3) is 6.79. The van der Waals surface area contributed by atoms with E-state index in [0.29, 0.717) is 23.7 Å². The molecule has 0 radical (unpaired) electrons. The first-order valence-electron chi connectivity index (χ1n) is 11.9. The number of benzene rings is 2. The third-order valence-electron chi connectivity index (χ3n) is 6.52. The van der Waals surface area contributed by atoms with Gasteiger partial charge in [0, 0.05) is 51.5 Å². The number of rotatable bonds is 10. The zero-order valence-corrected chi connectivity index (χ0v) is 19.5. The second-order valence-electron chi connectivity index (χ2n) is 9.30. The highest BCUT2D eigenvalue weighted by molar-refractivity contribution is 6.03. The molecule has 176 valence electrons. The summed E-state index contributed by atoms with van der Waals surface area (Å²) >= 11 is 0. The van der Waals surface area contributed by atoms with Crippen LogP contribution in [0.3, 0.4) is 0 Å². The van der Waals surface area contributed by atoms with E-state index >= 15 is 0 Å². The van der Waals surface area contributed by atoms with Crippen LogP contribution < -0.4 is 16.0 Å². The molecule has 33 heavy (non-hydrogen) atoms. The Morgan fingerprint density at radius 2 is 1.82 bits per heavy atom. The van der Waals surface area contributed by atoms with Crippen molar-refractivity contribution in [1.82, 2.24) is 9.80 Å². The molecule has 1 aliphatic heterocycles. The van der Waals surface area contributed by atoms with Crippen LogP contribution in [0.25, 0.3) is 0 Å². The van der Waals surface area contributed by atoms with E-state index in [9.17, 15) is 9.59 Å². The summed E-state index contributed by atoms with van der Waals surface area (Å²) in [5.41, 5.74) is 8.86. The standard InChI is InChI=1S/C26H35N5O2/c1-20-5-4-6-22(17-20)31-15-13-29(14-16-31)11-12-30(18-21-9-10-21)19-25(32)28-24-8-3-2-7-23(24)26(27)33/h2-8,17,21H,9-16,18-19H2,1H3,(H2,27,33)(H,28,32). The average Bonchev–Trinajstić information content (AvgIpc) is 3.62. The van der Waals surface area contributed by atoms with E-state index in [1.54, 1.807) is 24.3 Å². The number of carbonyl (C=O) groups excluding carboxylic acids is 2. The molecule has 3 N–H and O–H groups in total. The fourth-order valence-electron chi connectivity index (χ4n) is 4.44. The van der Waals surface area contributed by atoms with Crippen LogP contribution >= 0.6 is 0 Å². The minimum atomic E-state index is -0.537. The van der Waals surface area contributed by atoms with E-state index < -0.39 is 5.91 Å². The lowest BCUT2D eigenvalue weighted by Gasteiger charge is -2.37. The van der Waals surface area contributed by atoms with Crippen LogP contribution in [-0.4, -0.2) is 74.0 Å². The Morgan fingerprint density at radius 1 is 1.06 bits per heavy atom. The number of nitrogens with zero attached hydrogens (tertiary/aromatic N) is 3. The monoisotopic (exact) mass is 449 g/mol. The Balaban J connectivity index is 1.27. The minimum Gasteiger partial charge on any atom is -0.369 e. The summed E-state index contributed by atoms with van der Waals surface area (Å²) in [7, 11) is 0. The smallest absolute Gasteiger partial charge is 0.250 e. The van der Waals surface area contributed by atoms with E-state index in [1.807, 2.05) is 0 Å². The molecule has 0 bridgehead atoms. The maximum Gasteiger partial charge on any atom is 0.250 e. The largest absolute Gasteiger partial charge is 0.369 e. The molecule has 1 saturated carbocycles. The van der Waals surface area contributed by atoms with Gasteiger partial charge in [0.2, 0.25) is 5.91 Å². The first-order valence-corrected chi connectivity index (χ1v) is 11.9. The molecule has 7 nitrogen and oxygen atoms in total. The van der Waals surface area contributed by atoms with E-state index in [2.05, 4.69) is 51.2 Å². The fraction of sp³-hybridized carbons (Fsp3) is 0.462. The summed E-state index contributed by atoms with van der Waals surface area (Å²) in [6.45, 7) is 9.35. The average molecular weight is 450 g/mol. The Bertz CT molecular complexity index is 967. The summed E-state index contributed by atoms with van der Waals surface area (Å²) in [5.74, 6) is 0.0630. The predicted octanol–water partition coefficient (Wildman–Crippen LogP) is 2.57. The lowest BCUT2D eigenvalue weighted by atomic mass is 10.1. The number of anilines is 2. The molecule has 4 rings (SSSR count).